The van der Waals surface area contributed by atoms with Crippen LogP contribution in [-0.2, 0) is 6.42 Å². The summed E-state index contributed by atoms with van der Waals surface area (Å²) in [6, 6.07) is 15.1. The molecule has 200 valence electrons. The Hall–Kier alpha value is -3.99. The lowest BCUT2D eigenvalue weighted by atomic mass is 10.0. The molecule has 0 saturated carbocycles. The molecule has 1 heterocycles. The fourth-order valence-electron chi connectivity index (χ4n) is 4.27. The Labute approximate surface area is 232 Å². The number of aliphatic hydroxyl groups is 2. The number of allylic oxidation sites excluding steroid dienone is 1. The molecule has 1 aromatic heterocycles. The third-order valence-corrected chi connectivity index (χ3v) is 6.97. The second-order valence-electron chi connectivity index (χ2n) is 9.14. The quantitative estimate of drug-likeness (QED) is 0.233. The van der Waals surface area contributed by atoms with Crippen LogP contribution in [0.5, 0.6) is 17.2 Å². The summed E-state index contributed by atoms with van der Waals surface area (Å²) in [6.45, 7) is 1.36. The number of anilines is 1. The molecule has 1 atom stereocenters. The van der Waals surface area contributed by atoms with Crippen molar-refractivity contribution in [1.82, 2.24) is 9.78 Å². The highest BCUT2D eigenvalue weighted by molar-refractivity contribution is 9.10. The summed E-state index contributed by atoms with van der Waals surface area (Å²) < 4.78 is 27.5. The molecular formula is C29H25BrFN3O5. The van der Waals surface area contributed by atoms with Crippen LogP contribution in [0, 0.1) is 12.7 Å². The van der Waals surface area contributed by atoms with Crippen molar-refractivity contribution in [3.05, 3.63) is 98.9 Å². The zero-order chi connectivity index (χ0) is 27.7. The van der Waals surface area contributed by atoms with Crippen LogP contribution in [0.3, 0.4) is 0 Å². The maximum Gasteiger partial charge on any atom is 0.194 e. The zero-order valence-corrected chi connectivity index (χ0v) is 22.5. The monoisotopic (exact) mass is 593 g/mol. The normalized spacial score (nSPS) is 13.1. The molecule has 10 heteroatoms. The smallest absolute Gasteiger partial charge is 0.194 e. The number of nitrogen functional groups attached to an aromatic ring is 1. The van der Waals surface area contributed by atoms with Gasteiger partial charge >= 0.3 is 0 Å². The molecule has 8 nitrogen and oxygen atoms in total. The lowest BCUT2D eigenvalue weighted by Crippen LogP contribution is -2.21. The van der Waals surface area contributed by atoms with Gasteiger partial charge in [-0.05, 0) is 88.1 Å². The van der Waals surface area contributed by atoms with Crippen LogP contribution >= 0.6 is 15.9 Å². The summed E-state index contributed by atoms with van der Waals surface area (Å²) in [5.41, 5.74) is 10.3. The molecule has 3 aromatic carbocycles. The predicted octanol–water partition coefficient (Wildman–Crippen LogP) is 5.01. The average molecular weight is 594 g/mol. The first-order chi connectivity index (χ1) is 18.7. The molecule has 4 aromatic rings. The van der Waals surface area contributed by atoms with Gasteiger partial charge in [0.2, 0.25) is 0 Å². The third-order valence-electron chi connectivity index (χ3n) is 6.35. The molecule has 0 aliphatic heterocycles. The summed E-state index contributed by atoms with van der Waals surface area (Å²) in [4.78, 5) is 13.4. The molecule has 0 amide bonds. The van der Waals surface area contributed by atoms with Gasteiger partial charge in [-0.2, -0.15) is 5.10 Å². The maximum atomic E-state index is 14.0. The first-order valence-electron chi connectivity index (χ1n) is 12.1. The van der Waals surface area contributed by atoms with Crippen LogP contribution in [0.4, 0.5) is 10.2 Å². The summed E-state index contributed by atoms with van der Waals surface area (Å²) >= 11 is 3.46. The number of para-hydroxylation sites is 1. The second kappa shape index (κ2) is 11.0. The summed E-state index contributed by atoms with van der Waals surface area (Å²) in [7, 11) is 0. The molecule has 1 unspecified atom stereocenters. The van der Waals surface area contributed by atoms with Gasteiger partial charge in [-0.3, -0.25) is 4.79 Å². The first-order valence-corrected chi connectivity index (χ1v) is 12.9. The van der Waals surface area contributed by atoms with Crippen LogP contribution in [0.1, 0.15) is 27.0 Å². The van der Waals surface area contributed by atoms with E-state index < -0.39 is 18.5 Å². The van der Waals surface area contributed by atoms with E-state index in [1.54, 1.807) is 48.5 Å². The van der Waals surface area contributed by atoms with E-state index in [2.05, 4.69) is 21.0 Å². The number of nitrogens with two attached hydrogens (primary N) is 1. The van der Waals surface area contributed by atoms with Crippen molar-refractivity contribution in [2.45, 2.75) is 19.4 Å². The number of nitrogens with zero attached hydrogens (tertiary/aromatic N) is 2. The van der Waals surface area contributed by atoms with Gasteiger partial charge in [-0.1, -0.05) is 12.1 Å². The highest BCUT2D eigenvalue weighted by Crippen LogP contribution is 2.36. The van der Waals surface area contributed by atoms with Crippen molar-refractivity contribution in [3.63, 3.8) is 0 Å². The zero-order valence-electron chi connectivity index (χ0n) is 20.9. The third kappa shape index (κ3) is 5.44. The highest BCUT2D eigenvalue weighted by Gasteiger charge is 2.25. The number of carbonyl (C=O) groups is 1. The van der Waals surface area contributed by atoms with E-state index in [0.29, 0.717) is 33.7 Å². The second-order valence-corrected chi connectivity index (χ2v) is 10.00. The topological polar surface area (TPSA) is 120 Å². The Kier molecular flexibility index (Phi) is 7.51. The van der Waals surface area contributed by atoms with Crippen molar-refractivity contribution in [1.29, 1.82) is 0 Å². The van der Waals surface area contributed by atoms with E-state index in [9.17, 15) is 14.3 Å². The molecule has 0 fully saturated rings. The molecule has 5 rings (SSSR count). The fourth-order valence-corrected chi connectivity index (χ4v) is 4.78. The van der Waals surface area contributed by atoms with E-state index in [0.717, 1.165) is 16.7 Å². The number of aryl methyl sites for hydroxylation is 1. The standard InChI is InChI=1S/C29H25BrFN3O5/c1-16-8-20(6-7-25(16)39-26-5-3-2-4-24(26)31)34-29(32)22(13-33-34)28(37)19-9-17-11-23(30)27(12-18(17)10-19)38-15-21(36)14-35/h2-8,10-13,21,35-36H,9,14-15,32H2,1H3. The number of ketones is 1. The van der Waals surface area contributed by atoms with Gasteiger partial charge in [0.1, 0.15) is 30.0 Å². The number of fused-ring (bicyclic) bond motifs is 1. The Morgan fingerprint density at radius 1 is 1.18 bits per heavy atom. The number of benzene rings is 3. The number of ether oxygens (including phenoxy) is 2. The lowest BCUT2D eigenvalue weighted by molar-refractivity contribution is 0.0533. The van der Waals surface area contributed by atoms with Crippen molar-refractivity contribution < 1.29 is 28.9 Å². The molecule has 39 heavy (non-hydrogen) atoms. The molecule has 0 radical (unpaired) electrons. The van der Waals surface area contributed by atoms with Crippen LogP contribution in [-0.4, -0.2) is 45.1 Å². The first kappa shape index (κ1) is 26.6. The Morgan fingerprint density at radius 2 is 1.97 bits per heavy atom. The lowest BCUT2D eigenvalue weighted by Gasteiger charge is -2.12. The minimum Gasteiger partial charge on any atom is -0.490 e. The van der Waals surface area contributed by atoms with Crippen molar-refractivity contribution >= 4 is 33.6 Å². The molecular weight excluding hydrogens is 569 g/mol. The number of aromatic nitrogens is 2. The number of Topliss-reactive ketones (excluding diaryl/α,β-unsaturated/α-hetero) is 1. The van der Waals surface area contributed by atoms with E-state index in [1.807, 2.05) is 13.0 Å². The Bertz CT molecular complexity index is 1600. The Balaban J connectivity index is 1.35. The molecule has 1 aliphatic carbocycles. The molecule has 1 aliphatic rings. The van der Waals surface area contributed by atoms with Gasteiger partial charge in [0.05, 0.1) is 28.5 Å². The molecule has 0 spiro atoms. The van der Waals surface area contributed by atoms with Crippen LogP contribution in [0.15, 0.2) is 70.8 Å². The van der Waals surface area contributed by atoms with Crippen molar-refractivity contribution in [2.24, 2.45) is 0 Å². The van der Waals surface area contributed by atoms with E-state index >= 15 is 0 Å². The number of aliphatic hydroxyl groups excluding tert-OH is 2. The van der Waals surface area contributed by atoms with Crippen LogP contribution < -0.4 is 15.2 Å². The van der Waals surface area contributed by atoms with Crippen molar-refractivity contribution in [3.8, 4) is 22.9 Å². The summed E-state index contributed by atoms with van der Waals surface area (Å²) in [6.07, 6.45) is 2.66. The van der Waals surface area contributed by atoms with Gasteiger partial charge in [0.15, 0.2) is 17.3 Å². The molecule has 0 saturated heterocycles. The van der Waals surface area contributed by atoms with Crippen LogP contribution in [0.2, 0.25) is 0 Å². The van der Waals surface area contributed by atoms with Gasteiger partial charge in [-0.15, -0.1) is 0 Å². The van der Waals surface area contributed by atoms with Gasteiger partial charge in [0.25, 0.3) is 0 Å². The van der Waals surface area contributed by atoms with Crippen molar-refractivity contribution in [2.75, 3.05) is 18.9 Å². The minimum atomic E-state index is -0.989. The van der Waals surface area contributed by atoms with E-state index in [1.165, 1.54) is 16.9 Å². The molecule has 4 N–H and O–H groups in total. The van der Waals surface area contributed by atoms with E-state index in [4.69, 9.17) is 20.3 Å². The van der Waals surface area contributed by atoms with Gasteiger partial charge < -0.3 is 25.4 Å². The summed E-state index contributed by atoms with van der Waals surface area (Å²) in [5, 5.41) is 22.9. The SMILES string of the molecule is Cc1cc(-n2ncc(C(=O)C3=Cc4cc(OCC(O)CO)c(Br)cc4C3)c2N)ccc1Oc1ccccc1F. The number of hydrogen-bond acceptors (Lipinski definition) is 7. The largest absolute Gasteiger partial charge is 0.490 e. The number of carbonyl (C=O) groups excluding carboxylic acids is 1. The number of halogens is 2. The Morgan fingerprint density at radius 3 is 2.72 bits per heavy atom. The number of hydrogen-bond donors (Lipinski definition) is 3. The predicted molar refractivity (Wildman–Crippen MR) is 148 cm³/mol. The summed E-state index contributed by atoms with van der Waals surface area (Å²) in [5.74, 6) is 0.610. The van der Waals surface area contributed by atoms with Gasteiger partial charge in [0, 0.05) is 12.0 Å². The van der Waals surface area contributed by atoms with Gasteiger partial charge in [-0.25, -0.2) is 9.07 Å². The minimum absolute atomic E-state index is 0.0607. The average Bonchev–Trinajstić information content (AvgIpc) is 3.52. The fraction of sp³-hybridized carbons (Fsp3) is 0.172. The van der Waals surface area contributed by atoms with E-state index in [-0.39, 0.29) is 29.5 Å². The highest BCUT2D eigenvalue weighted by atomic mass is 79.9. The van der Waals surface area contributed by atoms with Crippen LogP contribution in [0.25, 0.3) is 11.8 Å². The molecule has 0 bridgehead atoms. The maximum absolute atomic E-state index is 14.0. The number of rotatable bonds is 9.